The number of rotatable bonds is 6. The van der Waals surface area contributed by atoms with E-state index in [2.05, 4.69) is 42.3 Å². The molecule has 1 N–H and O–H groups in total. The van der Waals surface area contributed by atoms with Crippen molar-refractivity contribution in [3.63, 3.8) is 0 Å². The van der Waals surface area contributed by atoms with Crippen molar-refractivity contribution in [3.8, 4) is 5.75 Å². The molecular formula is C24H31N7O2. The standard InChI is InChI=1S/C24H31N7O2/c1-30(2)24-27-8-7-22(29-24)28-17-3-5-19(6-4-17)33-21-16-18(31-11-13-32-14-12-31)15-20-23(21)26-10-9-25-20/h7-10,15-17,19H,3-6,11-14H2,1-2H3,(H,27,28,29)/t17-,19+. The zero-order valence-electron chi connectivity index (χ0n) is 19.3. The Morgan fingerprint density at radius 3 is 2.58 bits per heavy atom. The predicted octanol–water partition coefficient (Wildman–Crippen LogP) is 3.12. The topological polar surface area (TPSA) is 88.5 Å². The molecule has 1 aromatic carbocycles. The smallest absolute Gasteiger partial charge is 0.226 e. The highest BCUT2D eigenvalue weighted by Crippen LogP contribution is 2.33. The highest BCUT2D eigenvalue weighted by molar-refractivity contribution is 5.85. The molecule has 3 aromatic rings. The molecule has 0 bridgehead atoms. The molecule has 2 fully saturated rings. The molecule has 9 nitrogen and oxygen atoms in total. The van der Waals surface area contributed by atoms with Crippen LogP contribution >= 0.6 is 0 Å². The van der Waals surface area contributed by atoms with Crippen LogP contribution in [0.2, 0.25) is 0 Å². The summed E-state index contributed by atoms with van der Waals surface area (Å²) in [5.41, 5.74) is 2.82. The lowest BCUT2D eigenvalue weighted by atomic mass is 9.93. The summed E-state index contributed by atoms with van der Waals surface area (Å²) in [7, 11) is 3.90. The number of morpholine rings is 1. The first-order chi connectivity index (χ1) is 16.2. The summed E-state index contributed by atoms with van der Waals surface area (Å²) in [6, 6.07) is 6.53. The van der Waals surface area contributed by atoms with Gasteiger partial charge in [0.1, 0.15) is 17.1 Å². The van der Waals surface area contributed by atoms with Crippen molar-refractivity contribution in [2.45, 2.75) is 37.8 Å². The van der Waals surface area contributed by atoms with E-state index >= 15 is 0 Å². The third-order valence-corrected chi connectivity index (χ3v) is 6.26. The number of anilines is 3. The number of hydrogen-bond acceptors (Lipinski definition) is 9. The summed E-state index contributed by atoms with van der Waals surface area (Å²) < 4.78 is 12.0. The van der Waals surface area contributed by atoms with Gasteiger partial charge in [-0.3, -0.25) is 4.98 Å². The molecule has 174 valence electrons. The van der Waals surface area contributed by atoms with Crippen LogP contribution in [-0.2, 0) is 4.74 Å². The molecule has 33 heavy (non-hydrogen) atoms. The first-order valence-corrected chi connectivity index (χ1v) is 11.7. The van der Waals surface area contributed by atoms with E-state index in [1.54, 1.807) is 18.6 Å². The molecule has 5 rings (SSSR count). The zero-order chi connectivity index (χ0) is 22.6. The maximum absolute atomic E-state index is 6.53. The molecule has 1 saturated heterocycles. The van der Waals surface area contributed by atoms with Crippen molar-refractivity contribution in [1.82, 2.24) is 19.9 Å². The highest BCUT2D eigenvalue weighted by Gasteiger charge is 2.24. The van der Waals surface area contributed by atoms with Gasteiger partial charge in [0.2, 0.25) is 5.95 Å². The second-order valence-electron chi connectivity index (χ2n) is 8.84. The van der Waals surface area contributed by atoms with Gasteiger partial charge in [-0.25, -0.2) is 9.97 Å². The fraction of sp³-hybridized carbons (Fsp3) is 0.500. The Labute approximate surface area is 194 Å². The van der Waals surface area contributed by atoms with Crippen LogP contribution in [0.15, 0.2) is 36.8 Å². The van der Waals surface area contributed by atoms with Crippen molar-refractivity contribution in [3.05, 3.63) is 36.8 Å². The van der Waals surface area contributed by atoms with Crippen LogP contribution in [0.1, 0.15) is 25.7 Å². The van der Waals surface area contributed by atoms with Crippen LogP contribution in [0.25, 0.3) is 11.0 Å². The summed E-state index contributed by atoms with van der Waals surface area (Å²) in [4.78, 5) is 22.2. The van der Waals surface area contributed by atoms with Gasteiger partial charge in [0.05, 0.1) is 24.8 Å². The molecule has 1 aliphatic heterocycles. The van der Waals surface area contributed by atoms with Crippen molar-refractivity contribution < 1.29 is 9.47 Å². The van der Waals surface area contributed by atoms with E-state index in [4.69, 9.17) is 9.47 Å². The third-order valence-electron chi connectivity index (χ3n) is 6.26. The Kier molecular flexibility index (Phi) is 6.39. The molecule has 2 aliphatic rings. The molecule has 0 unspecified atom stereocenters. The number of ether oxygens (including phenoxy) is 2. The van der Waals surface area contributed by atoms with Gasteiger partial charge in [-0.1, -0.05) is 0 Å². The van der Waals surface area contributed by atoms with Crippen LogP contribution in [0, 0.1) is 0 Å². The molecule has 0 atom stereocenters. The van der Waals surface area contributed by atoms with Gasteiger partial charge in [-0.2, -0.15) is 4.98 Å². The fourth-order valence-corrected chi connectivity index (χ4v) is 4.48. The molecule has 0 spiro atoms. The number of hydrogen-bond donors (Lipinski definition) is 1. The third kappa shape index (κ3) is 5.08. The molecule has 0 radical (unpaired) electrons. The number of nitrogens with zero attached hydrogens (tertiary/aromatic N) is 6. The predicted molar refractivity (Wildman–Crippen MR) is 129 cm³/mol. The SMILES string of the molecule is CN(C)c1nccc(N[C@H]2CC[C@@H](Oc3cc(N4CCOCC4)cc4nccnc34)CC2)n1. The number of aromatic nitrogens is 4. The first kappa shape index (κ1) is 21.6. The van der Waals surface area contributed by atoms with E-state index < -0.39 is 0 Å². The molecule has 1 aliphatic carbocycles. The molecule has 3 heterocycles. The van der Waals surface area contributed by atoms with E-state index in [9.17, 15) is 0 Å². The van der Waals surface area contributed by atoms with Crippen LogP contribution in [-0.4, -0.2) is 72.5 Å². The van der Waals surface area contributed by atoms with Gasteiger partial charge in [-0.15, -0.1) is 0 Å². The van der Waals surface area contributed by atoms with E-state index in [-0.39, 0.29) is 6.10 Å². The molecular weight excluding hydrogens is 418 g/mol. The van der Waals surface area contributed by atoms with Gasteiger partial charge >= 0.3 is 0 Å². The Bertz CT molecular complexity index is 1080. The number of benzene rings is 1. The fourth-order valence-electron chi connectivity index (χ4n) is 4.48. The number of fused-ring (bicyclic) bond motifs is 1. The minimum absolute atomic E-state index is 0.163. The Hall–Kier alpha value is -3.20. The summed E-state index contributed by atoms with van der Waals surface area (Å²) in [6.07, 6.45) is 9.44. The first-order valence-electron chi connectivity index (χ1n) is 11.7. The van der Waals surface area contributed by atoms with Crippen LogP contribution in [0.4, 0.5) is 17.5 Å². The van der Waals surface area contributed by atoms with Gasteiger partial charge in [-0.05, 0) is 37.8 Å². The Balaban J connectivity index is 1.26. The average molecular weight is 450 g/mol. The van der Waals surface area contributed by atoms with E-state index in [0.717, 1.165) is 80.3 Å². The Morgan fingerprint density at radius 2 is 1.79 bits per heavy atom. The van der Waals surface area contributed by atoms with Gasteiger partial charge < -0.3 is 24.6 Å². The van der Waals surface area contributed by atoms with E-state index in [1.807, 2.05) is 25.1 Å². The molecule has 0 amide bonds. The van der Waals surface area contributed by atoms with Gasteiger partial charge in [0.15, 0.2) is 0 Å². The normalized spacial score (nSPS) is 21.1. The second-order valence-corrected chi connectivity index (χ2v) is 8.84. The minimum atomic E-state index is 0.163. The number of nitrogens with one attached hydrogen (secondary N) is 1. The largest absolute Gasteiger partial charge is 0.488 e. The maximum Gasteiger partial charge on any atom is 0.226 e. The van der Waals surface area contributed by atoms with Crippen LogP contribution in [0.5, 0.6) is 5.75 Å². The van der Waals surface area contributed by atoms with E-state index in [1.165, 1.54) is 0 Å². The van der Waals surface area contributed by atoms with Crippen molar-refractivity contribution in [2.75, 3.05) is 55.5 Å². The summed E-state index contributed by atoms with van der Waals surface area (Å²) >= 11 is 0. The van der Waals surface area contributed by atoms with Crippen molar-refractivity contribution in [1.29, 1.82) is 0 Å². The summed E-state index contributed by atoms with van der Waals surface area (Å²) in [5.74, 6) is 2.41. The second kappa shape index (κ2) is 9.74. The maximum atomic E-state index is 6.53. The highest BCUT2D eigenvalue weighted by atomic mass is 16.5. The Morgan fingerprint density at radius 1 is 1.00 bits per heavy atom. The zero-order valence-corrected chi connectivity index (χ0v) is 19.3. The lowest BCUT2D eigenvalue weighted by Crippen LogP contribution is -2.36. The van der Waals surface area contributed by atoms with Gasteiger partial charge in [0, 0.05) is 63.6 Å². The van der Waals surface area contributed by atoms with Gasteiger partial charge in [0.25, 0.3) is 0 Å². The lowest BCUT2D eigenvalue weighted by Gasteiger charge is -2.31. The average Bonchev–Trinajstić information content (AvgIpc) is 2.86. The summed E-state index contributed by atoms with van der Waals surface area (Å²) in [6.45, 7) is 3.24. The van der Waals surface area contributed by atoms with Crippen LogP contribution in [0.3, 0.4) is 0 Å². The van der Waals surface area contributed by atoms with E-state index in [0.29, 0.717) is 12.0 Å². The lowest BCUT2D eigenvalue weighted by molar-refractivity contribution is 0.122. The molecule has 1 saturated carbocycles. The monoisotopic (exact) mass is 449 g/mol. The van der Waals surface area contributed by atoms with Crippen molar-refractivity contribution >= 4 is 28.5 Å². The van der Waals surface area contributed by atoms with Crippen LogP contribution < -0.4 is 19.9 Å². The molecule has 9 heteroatoms. The van der Waals surface area contributed by atoms with Crippen molar-refractivity contribution in [2.24, 2.45) is 0 Å². The quantitative estimate of drug-likeness (QED) is 0.610. The minimum Gasteiger partial charge on any atom is -0.488 e. The summed E-state index contributed by atoms with van der Waals surface area (Å²) in [5, 5.41) is 3.57. The molecule has 2 aromatic heterocycles.